The number of pyridine rings is 1. The number of carbonyl (C=O) groups is 1. The number of urea groups is 1. The molecule has 140 valence electrons. The van der Waals surface area contributed by atoms with Gasteiger partial charge in [0.25, 0.3) is 0 Å². The second-order valence-electron chi connectivity index (χ2n) is 6.45. The summed E-state index contributed by atoms with van der Waals surface area (Å²) in [4.78, 5) is 19.8. The van der Waals surface area contributed by atoms with E-state index in [0.717, 1.165) is 30.6 Å². The summed E-state index contributed by atoms with van der Waals surface area (Å²) >= 11 is 1.55. The van der Waals surface area contributed by atoms with Crippen molar-refractivity contribution in [3.63, 3.8) is 0 Å². The van der Waals surface area contributed by atoms with Crippen LogP contribution in [0.4, 0.5) is 10.5 Å². The molecule has 1 fully saturated rings. The van der Waals surface area contributed by atoms with Crippen LogP contribution in [-0.4, -0.2) is 40.7 Å². The first-order valence-corrected chi connectivity index (χ1v) is 9.85. The Bertz CT molecular complexity index is 708. The van der Waals surface area contributed by atoms with Crippen molar-refractivity contribution in [3.05, 3.63) is 40.7 Å². The molecule has 3 heterocycles. The topological polar surface area (TPSA) is 74.7 Å². The largest absolute Gasteiger partial charge is 0.480 e. The van der Waals surface area contributed by atoms with Gasteiger partial charge in [0.2, 0.25) is 5.88 Å². The van der Waals surface area contributed by atoms with Crippen molar-refractivity contribution in [1.29, 1.82) is 0 Å². The van der Waals surface area contributed by atoms with E-state index in [0.29, 0.717) is 24.5 Å². The first-order valence-electron chi connectivity index (χ1n) is 8.97. The number of thiophene rings is 1. The van der Waals surface area contributed by atoms with Crippen LogP contribution in [0.5, 0.6) is 5.88 Å². The molecular formula is C19H25N3O3S. The quantitative estimate of drug-likeness (QED) is 0.827. The summed E-state index contributed by atoms with van der Waals surface area (Å²) in [5.41, 5.74) is 0.557. The molecule has 6 nitrogen and oxygen atoms in total. The lowest BCUT2D eigenvalue weighted by Crippen LogP contribution is -2.43. The van der Waals surface area contributed by atoms with Crippen molar-refractivity contribution >= 4 is 23.1 Å². The molecule has 0 aromatic carbocycles. The highest BCUT2D eigenvalue weighted by Crippen LogP contribution is 2.29. The molecule has 0 spiro atoms. The summed E-state index contributed by atoms with van der Waals surface area (Å²) in [5, 5.41) is 15.4. The molecule has 2 amide bonds. The average Bonchev–Trinajstić information content (AvgIpc) is 3.09. The van der Waals surface area contributed by atoms with Crippen LogP contribution in [0, 0.1) is 0 Å². The van der Waals surface area contributed by atoms with Crippen molar-refractivity contribution in [2.75, 3.05) is 19.0 Å². The van der Waals surface area contributed by atoms with E-state index in [1.54, 1.807) is 29.7 Å². The number of aromatic nitrogens is 1. The maximum absolute atomic E-state index is 12.9. The van der Waals surface area contributed by atoms with Gasteiger partial charge in [0, 0.05) is 23.7 Å². The minimum absolute atomic E-state index is 0.0114. The lowest BCUT2D eigenvalue weighted by atomic mass is 10.0. The van der Waals surface area contributed by atoms with Gasteiger partial charge in [-0.15, -0.1) is 11.3 Å². The van der Waals surface area contributed by atoms with Crippen molar-refractivity contribution in [2.24, 2.45) is 0 Å². The molecule has 2 atom stereocenters. The Labute approximate surface area is 157 Å². The summed E-state index contributed by atoms with van der Waals surface area (Å²) in [6.07, 6.45) is 5.69. The molecule has 0 radical (unpaired) electrons. The first-order chi connectivity index (χ1) is 12.7. The van der Waals surface area contributed by atoms with E-state index in [9.17, 15) is 9.90 Å². The number of rotatable bonds is 5. The first kappa shape index (κ1) is 18.7. The molecule has 2 aromatic rings. The number of aliphatic hydroxyl groups excluding tert-OH is 1. The molecule has 0 unspecified atom stereocenters. The Kier molecular flexibility index (Phi) is 6.46. The molecule has 1 aliphatic heterocycles. The van der Waals surface area contributed by atoms with Crippen LogP contribution in [0.15, 0.2) is 35.8 Å². The van der Waals surface area contributed by atoms with E-state index >= 15 is 0 Å². The highest BCUT2D eigenvalue weighted by molar-refractivity contribution is 7.10. The van der Waals surface area contributed by atoms with E-state index in [2.05, 4.69) is 10.3 Å². The third-order valence-corrected chi connectivity index (χ3v) is 5.68. The van der Waals surface area contributed by atoms with Crippen LogP contribution in [-0.2, 0) is 0 Å². The number of nitrogens with one attached hydrogen (secondary N) is 1. The minimum atomic E-state index is -0.540. The van der Waals surface area contributed by atoms with Crippen LogP contribution in [0.3, 0.4) is 0 Å². The van der Waals surface area contributed by atoms with Gasteiger partial charge in [-0.25, -0.2) is 9.78 Å². The molecule has 0 saturated carbocycles. The van der Waals surface area contributed by atoms with Crippen molar-refractivity contribution in [2.45, 2.75) is 44.2 Å². The van der Waals surface area contributed by atoms with Crippen LogP contribution in [0.1, 0.15) is 43.1 Å². The number of aliphatic hydroxyl groups is 1. The fraction of sp³-hybridized carbons (Fsp3) is 0.474. The number of methoxy groups -OCH3 is 1. The van der Waals surface area contributed by atoms with Gasteiger partial charge in [0.05, 0.1) is 13.2 Å². The van der Waals surface area contributed by atoms with E-state index in [1.807, 2.05) is 22.4 Å². The lowest BCUT2D eigenvalue weighted by molar-refractivity contribution is 0.118. The van der Waals surface area contributed by atoms with Crippen molar-refractivity contribution in [3.8, 4) is 5.88 Å². The number of amides is 2. The number of hydrogen-bond acceptors (Lipinski definition) is 5. The number of ether oxygens (including phenoxy) is 1. The summed E-state index contributed by atoms with van der Waals surface area (Å²) in [6.45, 7) is 0.691. The van der Waals surface area contributed by atoms with Gasteiger partial charge in [0.15, 0.2) is 0 Å². The Balaban J connectivity index is 1.72. The summed E-state index contributed by atoms with van der Waals surface area (Å²) in [6, 6.07) is 7.26. The van der Waals surface area contributed by atoms with Crippen molar-refractivity contribution in [1.82, 2.24) is 9.88 Å². The maximum Gasteiger partial charge on any atom is 0.322 e. The minimum Gasteiger partial charge on any atom is -0.480 e. The van der Waals surface area contributed by atoms with Gasteiger partial charge in [-0.3, -0.25) is 0 Å². The fourth-order valence-corrected chi connectivity index (χ4v) is 4.10. The second-order valence-corrected chi connectivity index (χ2v) is 7.43. The van der Waals surface area contributed by atoms with Crippen LogP contribution < -0.4 is 10.1 Å². The van der Waals surface area contributed by atoms with E-state index in [-0.39, 0.29) is 12.1 Å². The molecule has 1 saturated heterocycles. The molecule has 3 rings (SSSR count). The Hall–Kier alpha value is -2.12. The number of nitrogens with zero attached hydrogens (tertiary/aromatic N) is 2. The fourth-order valence-electron chi connectivity index (χ4n) is 3.38. The van der Waals surface area contributed by atoms with Gasteiger partial charge >= 0.3 is 6.03 Å². The SMILES string of the molecule is COc1ncccc1NC(=O)N1CCCCC[C@H]1C[C@H](O)c1cccs1. The normalized spacial score (nSPS) is 18.8. The predicted octanol–water partition coefficient (Wildman–Crippen LogP) is 4.05. The second kappa shape index (κ2) is 9.00. The summed E-state index contributed by atoms with van der Waals surface area (Å²) in [7, 11) is 1.53. The Morgan fingerprint density at radius 2 is 2.31 bits per heavy atom. The third-order valence-electron chi connectivity index (χ3n) is 4.71. The van der Waals surface area contributed by atoms with Gasteiger partial charge in [-0.1, -0.05) is 18.9 Å². The third kappa shape index (κ3) is 4.53. The number of likely N-dealkylation sites (tertiary alicyclic amines) is 1. The molecular weight excluding hydrogens is 350 g/mol. The van der Waals surface area contributed by atoms with Crippen LogP contribution >= 0.6 is 11.3 Å². The zero-order valence-electron chi connectivity index (χ0n) is 14.9. The van der Waals surface area contributed by atoms with Gasteiger partial charge in [0.1, 0.15) is 5.69 Å². The van der Waals surface area contributed by atoms with Gasteiger partial charge in [-0.2, -0.15) is 0 Å². The van der Waals surface area contributed by atoms with Gasteiger partial charge < -0.3 is 20.1 Å². The summed E-state index contributed by atoms with van der Waals surface area (Å²) in [5.74, 6) is 0.394. The molecule has 1 aliphatic rings. The number of hydrogen-bond donors (Lipinski definition) is 2. The Morgan fingerprint density at radius 1 is 1.42 bits per heavy atom. The summed E-state index contributed by atoms with van der Waals surface area (Å²) < 4.78 is 5.22. The maximum atomic E-state index is 12.9. The Morgan fingerprint density at radius 3 is 3.08 bits per heavy atom. The van der Waals surface area contributed by atoms with Crippen molar-refractivity contribution < 1.29 is 14.6 Å². The monoisotopic (exact) mass is 375 g/mol. The van der Waals surface area contributed by atoms with E-state index < -0.39 is 6.10 Å². The van der Waals surface area contributed by atoms with Crippen LogP contribution in [0.25, 0.3) is 0 Å². The smallest absolute Gasteiger partial charge is 0.322 e. The molecule has 7 heteroatoms. The zero-order chi connectivity index (χ0) is 18.4. The number of carbonyl (C=O) groups excluding carboxylic acids is 1. The zero-order valence-corrected chi connectivity index (χ0v) is 15.7. The standard InChI is InChI=1S/C19H25N3O3S/c1-25-18-15(8-5-10-20-18)21-19(24)22-11-4-2-3-7-14(22)13-16(23)17-9-6-12-26-17/h5-6,8-10,12,14,16,23H,2-4,7,11,13H2,1H3,(H,21,24)/t14-,16-/m0/s1. The molecule has 0 bridgehead atoms. The molecule has 2 N–H and O–H groups in total. The highest BCUT2D eigenvalue weighted by atomic mass is 32.1. The lowest BCUT2D eigenvalue weighted by Gasteiger charge is -2.31. The molecule has 2 aromatic heterocycles. The molecule has 26 heavy (non-hydrogen) atoms. The van der Waals surface area contributed by atoms with E-state index in [1.165, 1.54) is 7.11 Å². The molecule has 0 aliphatic carbocycles. The highest BCUT2D eigenvalue weighted by Gasteiger charge is 2.28. The van der Waals surface area contributed by atoms with Crippen LogP contribution in [0.2, 0.25) is 0 Å². The van der Waals surface area contributed by atoms with E-state index in [4.69, 9.17) is 4.74 Å². The van der Waals surface area contributed by atoms with Gasteiger partial charge in [-0.05, 0) is 42.8 Å². The average molecular weight is 375 g/mol. The predicted molar refractivity (Wildman–Crippen MR) is 103 cm³/mol. The number of anilines is 1.